The Morgan fingerprint density at radius 1 is 0.963 bits per heavy atom. The summed E-state index contributed by atoms with van der Waals surface area (Å²) in [6.07, 6.45) is 1.40. The maximum absolute atomic E-state index is 12.2. The van der Waals surface area contributed by atoms with Crippen molar-refractivity contribution in [1.82, 2.24) is 9.88 Å². The maximum Gasteiger partial charge on any atom is 0.326 e. The molecule has 7 nitrogen and oxygen atoms in total. The predicted molar refractivity (Wildman–Crippen MR) is 93.5 cm³/mol. The fourth-order valence-corrected chi connectivity index (χ4v) is 2.80. The highest BCUT2D eigenvalue weighted by atomic mass is 16.5. The standard InChI is InChI=1S/C20H14N2O5/c23-17(10-22-19(24)15-8-4-5-9-16(15)20(22)25)26-11-14-12-27-18(21-14)13-6-2-1-3-7-13/h1-9,12H,10-11H2. The number of benzene rings is 2. The smallest absolute Gasteiger partial charge is 0.326 e. The van der Waals surface area contributed by atoms with Crippen molar-refractivity contribution in [3.05, 3.63) is 77.7 Å². The molecule has 0 N–H and O–H groups in total. The first-order valence-electron chi connectivity index (χ1n) is 8.24. The number of imide groups is 1. The summed E-state index contributed by atoms with van der Waals surface area (Å²) in [5, 5.41) is 0. The molecular formula is C20H14N2O5. The molecule has 27 heavy (non-hydrogen) atoms. The van der Waals surface area contributed by atoms with Crippen molar-refractivity contribution in [1.29, 1.82) is 0 Å². The number of aromatic nitrogens is 1. The molecule has 3 aromatic rings. The van der Waals surface area contributed by atoms with Gasteiger partial charge >= 0.3 is 5.97 Å². The highest BCUT2D eigenvalue weighted by Gasteiger charge is 2.36. The van der Waals surface area contributed by atoms with E-state index in [4.69, 9.17) is 9.15 Å². The molecule has 1 aliphatic rings. The van der Waals surface area contributed by atoms with E-state index in [0.29, 0.717) is 22.7 Å². The van der Waals surface area contributed by atoms with Gasteiger partial charge in [0.1, 0.15) is 25.1 Å². The van der Waals surface area contributed by atoms with Gasteiger partial charge in [0.25, 0.3) is 11.8 Å². The zero-order valence-corrected chi connectivity index (χ0v) is 14.1. The second-order valence-corrected chi connectivity index (χ2v) is 5.91. The average molecular weight is 362 g/mol. The Labute approximate surface area is 154 Å². The summed E-state index contributed by atoms with van der Waals surface area (Å²) in [5.41, 5.74) is 1.82. The van der Waals surface area contributed by atoms with E-state index in [2.05, 4.69) is 4.98 Å². The molecule has 2 aromatic carbocycles. The Morgan fingerprint density at radius 2 is 1.59 bits per heavy atom. The first-order valence-corrected chi connectivity index (χ1v) is 8.24. The van der Waals surface area contributed by atoms with E-state index in [-0.39, 0.29) is 6.61 Å². The SMILES string of the molecule is O=C(CN1C(=O)c2ccccc2C1=O)OCc1coc(-c2ccccc2)n1. The van der Waals surface area contributed by atoms with Crippen molar-refractivity contribution < 1.29 is 23.5 Å². The largest absolute Gasteiger partial charge is 0.458 e. The van der Waals surface area contributed by atoms with Crippen LogP contribution < -0.4 is 0 Å². The zero-order chi connectivity index (χ0) is 18.8. The summed E-state index contributed by atoms with van der Waals surface area (Å²) < 4.78 is 10.5. The van der Waals surface area contributed by atoms with Crippen molar-refractivity contribution in [2.45, 2.75) is 6.61 Å². The van der Waals surface area contributed by atoms with Gasteiger partial charge in [-0.25, -0.2) is 4.98 Å². The van der Waals surface area contributed by atoms with Gasteiger partial charge in [0.2, 0.25) is 5.89 Å². The number of hydrogen-bond acceptors (Lipinski definition) is 6. The van der Waals surface area contributed by atoms with Crippen LogP contribution >= 0.6 is 0 Å². The second kappa shape index (κ2) is 6.87. The molecule has 0 aliphatic carbocycles. The first kappa shape index (κ1) is 16.7. The van der Waals surface area contributed by atoms with Crippen LogP contribution in [0, 0.1) is 0 Å². The molecule has 0 bridgehead atoms. The summed E-state index contributed by atoms with van der Waals surface area (Å²) >= 11 is 0. The Kier molecular flexibility index (Phi) is 4.25. The lowest BCUT2D eigenvalue weighted by atomic mass is 10.1. The lowest BCUT2D eigenvalue weighted by Gasteiger charge is -2.12. The average Bonchev–Trinajstić information content (AvgIpc) is 3.27. The van der Waals surface area contributed by atoms with Gasteiger partial charge in [-0.2, -0.15) is 0 Å². The van der Waals surface area contributed by atoms with E-state index >= 15 is 0 Å². The number of ether oxygens (including phenoxy) is 1. The van der Waals surface area contributed by atoms with Gasteiger partial charge in [0.15, 0.2) is 0 Å². The van der Waals surface area contributed by atoms with Crippen LogP contribution in [0.25, 0.3) is 11.5 Å². The topological polar surface area (TPSA) is 89.7 Å². The molecule has 1 aliphatic heterocycles. The molecule has 2 amide bonds. The summed E-state index contributed by atoms with van der Waals surface area (Å²) in [6, 6.07) is 15.8. The van der Waals surface area contributed by atoms with Crippen LogP contribution in [-0.2, 0) is 16.1 Å². The van der Waals surface area contributed by atoms with E-state index in [1.54, 1.807) is 24.3 Å². The Bertz CT molecular complexity index is 991. The van der Waals surface area contributed by atoms with Gasteiger partial charge < -0.3 is 9.15 Å². The van der Waals surface area contributed by atoms with E-state index in [9.17, 15) is 14.4 Å². The number of amides is 2. The molecule has 0 atom stereocenters. The van der Waals surface area contributed by atoms with Crippen LogP contribution in [0.4, 0.5) is 0 Å². The maximum atomic E-state index is 12.2. The third-order valence-corrected chi connectivity index (χ3v) is 4.12. The van der Waals surface area contributed by atoms with E-state index < -0.39 is 24.3 Å². The lowest BCUT2D eigenvalue weighted by Crippen LogP contribution is -2.35. The van der Waals surface area contributed by atoms with Gasteiger partial charge in [0, 0.05) is 5.56 Å². The number of carbonyl (C=O) groups is 3. The van der Waals surface area contributed by atoms with Crippen molar-refractivity contribution in [3.8, 4) is 11.5 Å². The number of rotatable bonds is 5. The van der Waals surface area contributed by atoms with Gasteiger partial charge in [-0.1, -0.05) is 30.3 Å². The number of nitrogens with zero attached hydrogens (tertiary/aromatic N) is 2. The fourth-order valence-electron chi connectivity index (χ4n) is 2.80. The molecule has 0 radical (unpaired) electrons. The van der Waals surface area contributed by atoms with E-state index in [0.717, 1.165) is 10.5 Å². The van der Waals surface area contributed by atoms with Crippen molar-refractivity contribution in [2.75, 3.05) is 6.54 Å². The van der Waals surface area contributed by atoms with Gasteiger partial charge in [-0.3, -0.25) is 19.3 Å². The van der Waals surface area contributed by atoms with Gasteiger partial charge in [0.05, 0.1) is 11.1 Å². The summed E-state index contributed by atoms with van der Waals surface area (Å²) in [4.78, 5) is 41.7. The fraction of sp³-hybridized carbons (Fsp3) is 0.100. The first-order chi connectivity index (χ1) is 13.1. The second-order valence-electron chi connectivity index (χ2n) is 5.91. The number of carbonyl (C=O) groups excluding carboxylic acids is 3. The molecule has 0 unspecified atom stereocenters. The van der Waals surface area contributed by atoms with Crippen LogP contribution in [0.1, 0.15) is 26.4 Å². The molecular weight excluding hydrogens is 348 g/mol. The molecule has 2 heterocycles. The summed E-state index contributed by atoms with van der Waals surface area (Å²) in [7, 11) is 0. The third kappa shape index (κ3) is 3.22. The highest BCUT2D eigenvalue weighted by Crippen LogP contribution is 2.22. The Hall–Kier alpha value is -3.74. The van der Waals surface area contributed by atoms with Crippen molar-refractivity contribution in [2.24, 2.45) is 0 Å². The minimum Gasteiger partial charge on any atom is -0.458 e. The molecule has 0 saturated heterocycles. The summed E-state index contributed by atoms with van der Waals surface area (Å²) in [5.74, 6) is -1.28. The van der Waals surface area contributed by atoms with Crippen LogP contribution in [0.2, 0.25) is 0 Å². The number of oxazole rings is 1. The molecule has 0 spiro atoms. The highest BCUT2D eigenvalue weighted by molar-refractivity contribution is 6.22. The lowest BCUT2D eigenvalue weighted by molar-refractivity contribution is -0.145. The van der Waals surface area contributed by atoms with Crippen molar-refractivity contribution >= 4 is 17.8 Å². The van der Waals surface area contributed by atoms with Crippen LogP contribution in [0.5, 0.6) is 0 Å². The molecule has 4 rings (SSSR count). The number of esters is 1. The van der Waals surface area contributed by atoms with Crippen LogP contribution in [0.15, 0.2) is 65.3 Å². The molecule has 0 saturated carbocycles. The normalized spacial score (nSPS) is 13.0. The van der Waals surface area contributed by atoms with Gasteiger partial charge in [-0.05, 0) is 24.3 Å². The predicted octanol–water partition coefficient (Wildman–Crippen LogP) is 2.68. The Morgan fingerprint density at radius 3 is 2.26 bits per heavy atom. The van der Waals surface area contributed by atoms with E-state index in [1.807, 2.05) is 30.3 Å². The minimum atomic E-state index is -0.700. The minimum absolute atomic E-state index is 0.113. The number of fused-ring (bicyclic) bond motifs is 1. The molecule has 7 heteroatoms. The van der Waals surface area contributed by atoms with Crippen LogP contribution in [-0.4, -0.2) is 34.2 Å². The molecule has 134 valence electrons. The monoisotopic (exact) mass is 362 g/mol. The molecule has 0 fully saturated rings. The third-order valence-electron chi connectivity index (χ3n) is 4.12. The zero-order valence-electron chi connectivity index (χ0n) is 14.1. The quantitative estimate of drug-likeness (QED) is 0.512. The Balaban J connectivity index is 1.37. The van der Waals surface area contributed by atoms with Crippen LogP contribution in [0.3, 0.4) is 0 Å². The molecule has 1 aromatic heterocycles. The van der Waals surface area contributed by atoms with Crippen molar-refractivity contribution in [3.63, 3.8) is 0 Å². The van der Waals surface area contributed by atoms with E-state index in [1.165, 1.54) is 6.26 Å². The van der Waals surface area contributed by atoms with Gasteiger partial charge in [-0.15, -0.1) is 0 Å². The number of hydrogen-bond donors (Lipinski definition) is 0. The summed E-state index contributed by atoms with van der Waals surface area (Å²) in [6.45, 7) is -0.561.